The van der Waals surface area contributed by atoms with Crippen molar-refractivity contribution in [3.05, 3.63) is 58.2 Å². The van der Waals surface area contributed by atoms with Crippen LogP contribution in [0, 0.1) is 0 Å². The summed E-state index contributed by atoms with van der Waals surface area (Å²) in [6.07, 6.45) is 0. The zero-order valence-corrected chi connectivity index (χ0v) is 14.9. The van der Waals surface area contributed by atoms with E-state index < -0.39 is 17.9 Å². The van der Waals surface area contributed by atoms with Crippen molar-refractivity contribution >= 4 is 46.0 Å². The van der Waals surface area contributed by atoms with Gasteiger partial charge in [0.2, 0.25) is 0 Å². The van der Waals surface area contributed by atoms with Gasteiger partial charge in [0.15, 0.2) is 0 Å². The molecular formula is C18H15Cl2N3O3. The first-order chi connectivity index (χ1) is 12.4. The molecule has 1 aromatic heterocycles. The number of carboxylic acid groups (broad SMARTS) is 1. The molecule has 3 rings (SSSR count). The second-order valence-corrected chi connectivity index (χ2v) is 6.57. The molecule has 0 bridgehead atoms. The highest BCUT2D eigenvalue weighted by Crippen LogP contribution is 2.35. The lowest BCUT2D eigenvalue weighted by Gasteiger charge is -2.07. The number of benzene rings is 2. The van der Waals surface area contributed by atoms with Crippen LogP contribution in [0.5, 0.6) is 0 Å². The van der Waals surface area contributed by atoms with Crippen LogP contribution in [0.3, 0.4) is 0 Å². The highest BCUT2D eigenvalue weighted by Gasteiger charge is 2.16. The molecule has 0 saturated heterocycles. The molecule has 1 heterocycles. The highest BCUT2D eigenvalue weighted by atomic mass is 35.5. The molecule has 0 spiro atoms. The number of nitrogens with one attached hydrogen (secondary N) is 2. The minimum atomic E-state index is -1.18. The molecule has 2 aromatic carbocycles. The number of aliphatic carboxylic acids is 1. The van der Waals surface area contributed by atoms with E-state index in [-0.39, 0.29) is 6.54 Å². The zero-order chi connectivity index (χ0) is 18.8. The second-order valence-electron chi connectivity index (χ2n) is 5.73. The Kier molecular flexibility index (Phi) is 5.18. The SMILES string of the molecule is NC(CNC(=O)c1cc2c(-c3ccc(Cl)cc3Cl)cccc2[nH]1)C(=O)O. The average molecular weight is 392 g/mol. The van der Waals surface area contributed by atoms with Gasteiger partial charge in [-0.25, -0.2) is 0 Å². The number of halogens is 2. The number of carbonyl (C=O) groups is 2. The predicted octanol–water partition coefficient (Wildman–Crippen LogP) is 3.28. The van der Waals surface area contributed by atoms with Gasteiger partial charge >= 0.3 is 5.97 Å². The summed E-state index contributed by atoms with van der Waals surface area (Å²) in [5, 5.41) is 13.1. The fraction of sp³-hybridized carbons (Fsp3) is 0.111. The summed E-state index contributed by atoms with van der Waals surface area (Å²) >= 11 is 12.3. The van der Waals surface area contributed by atoms with Gasteiger partial charge in [0.1, 0.15) is 11.7 Å². The number of amides is 1. The van der Waals surface area contributed by atoms with Gasteiger partial charge in [-0.1, -0.05) is 41.4 Å². The molecule has 0 fully saturated rings. The van der Waals surface area contributed by atoms with Crippen LogP contribution in [0.25, 0.3) is 22.0 Å². The number of H-pyrrole nitrogens is 1. The van der Waals surface area contributed by atoms with Gasteiger partial charge in [0, 0.05) is 33.1 Å². The molecular weight excluding hydrogens is 377 g/mol. The van der Waals surface area contributed by atoms with E-state index in [1.54, 1.807) is 18.2 Å². The summed E-state index contributed by atoms with van der Waals surface area (Å²) in [6, 6.07) is 11.3. The van der Waals surface area contributed by atoms with Crippen molar-refractivity contribution < 1.29 is 14.7 Å². The molecule has 0 saturated carbocycles. The lowest BCUT2D eigenvalue weighted by Crippen LogP contribution is -2.42. The Balaban J connectivity index is 1.94. The van der Waals surface area contributed by atoms with Crippen molar-refractivity contribution in [2.75, 3.05) is 6.54 Å². The number of rotatable bonds is 5. The van der Waals surface area contributed by atoms with E-state index in [9.17, 15) is 9.59 Å². The Morgan fingerprint density at radius 3 is 2.62 bits per heavy atom. The van der Waals surface area contributed by atoms with Crippen LogP contribution in [0.4, 0.5) is 0 Å². The smallest absolute Gasteiger partial charge is 0.322 e. The van der Waals surface area contributed by atoms with Gasteiger partial charge in [-0.2, -0.15) is 0 Å². The molecule has 0 radical (unpaired) electrons. The summed E-state index contributed by atoms with van der Waals surface area (Å²) in [4.78, 5) is 26.0. The molecule has 0 aliphatic rings. The Morgan fingerprint density at radius 2 is 1.92 bits per heavy atom. The third kappa shape index (κ3) is 3.67. The third-order valence-electron chi connectivity index (χ3n) is 3.93. The van der Waals surface area contributed by atoms with Gasteiger partial charge < -0.3 is 21.1 Å². The van der Waals surface area contributed by atoms with Crippen molar-refractivity contribution in [3.8, 4) is 11.1 Å². The quantitative estimate of drug-likeness (QED) is 0.534. The molecule has 0 aliphatic carbocycles. The maximum atomic E-state index is 12.3. The molecule has 1 atom stereocenters. The molecule has 6 nitrogen and oxygen atoms in total. The van der Waals surface area contributed by atoms with Crippen molar-refractivity contribution in [1.82, 2.24) is 10.3 Å². The number of aromatic nitrogens is 1. The largest absolute Gasteiger partial charge is 0.480 e. The first-order valence-electron chi connectivity index (χ1n) is 7.70. The van der Waals surface area contributed by atoms with Crippen molar-refractivity contribution in [3.63, 3.8) is 0 Å². The first kappa shape index (κ1) is 18.3. The number of carbonyl (C=O) groups excluding carboxylic acids is 1. The summed E-state index contributed by atoms with van der Waals surface area (Å²) < 4.78 is 0. The van der Waals surface area contributed by atoms with E-state index in [2.05, 4.69) is 10.3 Å². The maximum Gasteiger partial charge on any atom is 0.322 e. The molecule has 0 aliphatic heterocycles. The third-order valence-corrected chi connectivity index (χ3v) is 4.48. The van der Waals surface area contributed by atoms with Gasteiger partial charge in [0.25, 0.3) is 5.91 Å². The predicted molar refractivity (Wildman–Crippen MR) is 102 cm³/mol. The lowest BCUT2D eigenvalue weighted by molar-refractivity contribution is -0.138. The van der Waals surface area contributed by atoms with Gasteiger partial charge in [0.05, 0.1) is 0 Å². The van der Waals surface area contributed by atoms with E-state index in [0.29, 0.717) is 15.7 Å². The number of hydrogen-bond acceptors (Lipinski definition) is 3. The first-order valence-corrected chi connectivity index (χ1v) is 8.46. The number of carboxylic acids is 1. The fourth-order valence-corrected chi connectivity index (χ4v) is 3.12. The number of nitrogens with two attached hydrogens (primary N) is 1. The van der Waals surface area contributed by atoms with E-state index in [1.165, 1.54) is 0 Å². The van der Waals surface area contributed by atoms with Crippen molar-refractivity contribution in [2.24, 2.45) is 5.73 Å². The monoisotopic (exact) mass is 391 g/mol. The Morgan fingerprint density at radius 1 is 1.15 bits per heavy atom. The van der Waals surface area contributed by atoms with Crippen LogP contribution in [-0.4, -0.2) is 34.6 Å². The van der Waals surface area contributed by atoms with Crippen molar-refractivity contribution in [2.45, 2.75) is 6.04 Å². The number of hydrogen-bond donors (Lipinski definition) is 4. The Hall–Kier alpha value is -2.54. The minimum Gasteiger partial charge on any atom is -0.480 e. The minimum absolute atomic E-state index is 0.167. The molecule has 8 heteroatoms. The maximum absolute atomic E-state index is 12.3. The topological polar surface area (TPSA) is 108 Å². The van der Waals surface area contributed by atoms with Crippen LogP contribution in [-0.2, 0) is 4.79 Å². The molecule has 5 N–H and O–H groups in total. The van der Waals surface area contributed by atoms with Crippen LogP contribution in [0.2, 0.25) is 10.0 Å². The van der Waals surface area contributed by atoms with E-state index >= 15 is 0 Å². The highest BCUT2D eigenvalue weighted by molar-refractivity contribution is 6.36. The molecule has 26 heavy (non-hydrogen) atoms. The van der Waals surface area contributed by atoms with Crippen LogP contribution < -0.4 is 11.1 Å². The van der Waals surface area contributed by atoms with E-state index in [0.717, 1.165) is 22.0 Å². The molecule has 1 unspecified atom stereocenters. The number of fused-ring (bicyclic) bond motifs is 1. The Labute approximate surface area is 158 Å². The van der Waals surface area contributed by atoms with E-state index in [4.69, 9.17) is 34.0 Å². The summed E-state index contributed by atoms with van der Waals surface area (Å²) in [5.74, 6) is -1.62. The van der Waals surface area contributed by atoms with Gasteiger partial charge in [-0.15, -0.1) is 0 Å². The molecule has 134 valence electrons. The number of aromatic amines is 1. The van der Waals surface area contributed by atoms with Gasteiger partial charge in [-0.3, -0.25) is 9.59 Å². The normalized spacial score (nSPS) is 12.1. The lowest BCUT2D eigenvalue weighted by atomic mass is 10.0. The zero-order valence-electron chi connectivity index (χ0n) is 13.4. The summed E-state index contributed by atoms with van der Waals surface area (Å²) in [6.45, 7) is -0.167. The second kappa shape index (κ2) is 7.37. The van der Waals surface area contributed by atoms with Gasteiger partial charge in [-0.05, 0) is 29.8 Å². The summed E-state index contributed by atoms with van der Waals surface area (Å²) in [5.41, 5.74) is 8.09. The standard InChI is InChI=1S/C18H15Cl2N3O3/c19-9-4-5-11(13(20)6-9)10-2-1-3-15-12(10)7-16(23-15)17(24)22-8-14(21)18(25)26/h1-7,14,23H,8,21H2,(H,22,24)(H,25,26). The average Bonchev–Trinajstić information content (AvgIpc) is 3.04. The van der Waals surface area contributed by atoms with Crippen LogP contribution in [0.1, 0.15) is 10.5 Å². The molecule has 3 aromatic rings. The van der Waals surface area contributed by atoms with E-state index in [1.807, 2.05) is 24.3 Å². The van der Waals surface area contributed by atoms with Crippen LogP contribution >= 0.6 is 23.2 Å². The van der Waals surface area contributed by atoms with Crippen LogP contribution in [0.15, 0.2) is 42.5 Å². The molecule has 1 amide bonds. The Bertz CT molecular complexity index is 1000. The fourth-order valence-electron chi connectivity index (χ4n) is 2.61. The van der Waals surface area contributed by atoms with Crippen molar-refractivity contribution in [1.29, 1.82) is 0 Å². The summed E-state index contributed by atoms with van der Waals surface area (Å²) in [7, 11) is 0.